The molecule has 2 aromatic rings. The molecule has 2 aliphatic rings. The van der Waals surface area contributed by atoms with Gasteiger partial charge < -0.3 is 19.5 Å². The highest BCUT2D eigenvalue weighted by Gasteiger charge is 2.25. The number of nitrogens with zero attached hydrogens (tertiary/aromatic N) is 3. The van der Waals surface area contributed by atoms with Crippen molar-refractivity contribution in [3.63, 3.8) is 0 Å². The summed E-state index contributed by atoms with van der Waals surface area (Å²) in [6.07, 6.45) is 9.17. The predicted molar refractivity (Wildman–Crippen MR) is 137 cm³/mol. The lowest BCUT2D eigenvalue weighted by Gasteiger charge is -2.31. The van der Waals surface area contributed by atoms with E-state index in [1.54, 1.807) is 0 Å². The van der Waals surface area contributed by atoms with E-state index in [4.69, 9.17) is 21.0 Å². The van der Waals surface area contributed by atoms with Crippen LogP contribution in [0.4, 0.5) is 0 Å². The van der Waals surface area contributed by atoms with Crippen LogP contribution in [0.1, 0.15) is 56.4 Å². The quantitative estimate of drug-likeness (QED) is 0.508. The largest absolute Gasteiger partial charge is 0.441 e. The SMILES string of the molecule is Cc1oc(-c2ccc(Cl)cc2)nc1CCN1CCC(C(=O)NCCCN2CCCCCC2)CC1. The molecular formula is C27H39ClN4O2. The number of amides is 1. The molecule has 0 radical (unpaired) electrons. The molecule has 2 saturated heterocycles. The number of piperidine rings is 1. The zero-order valence-corrected chi connectivity index (χ0v) is 21.3. The molecule has 1 N–H and O–H groups in total. The van der Waals surface area contributed by atoms with E-state index in [-0.39, 0.29) is 11.8 Å². The third-order valence-corrected chi connectivity index (χ3v) is 7.51. The first-order chi connectivity index (χ1) is 16.6. The van der Waals surface area contributed by atoms with E-state index in [1.807, 2.05) is 31.2 Å². The molecule has 0 bridgehead atoms. The molecular weight excluding hydrogens is 448 g/mol. The Hall–Kier alpha value is -1.89. The van der Waals surface area contributed by atoms with E-state index >= 15 is 0 Å². The summed E-state index contributed by atoms with van der Waals surface area (Å²) in [6.45, 7) is 9.21. The van der Waals surface area contributed by atoms with Crippen LogP contribution in [0.15, 0.2) is 28.7 Å². The molecule has 6 nitrogen and oxygen atoms in total. The number of carbonyl (C=O) groups excluding carboxylic acids is 1. The van der Waals surface area contributed by atoms with Crippen molar-refractivity contribution in [1.29, 1.82) is 0 Å². The molecule has 1 aromatic carbocycles. The van der Waals surface area contributed by atoms with Gasteiger partial charge in [-0.25, -0.2) is 4.98 Å². The van der Waals surface area contributed by atoms with Crippen molar-refractivity contribution in [3.05, 3.63) is 40.7 Å². The van der Waals surface area contributed by atoms with Gasteiger partial charge in [0.15, 0.2) is 0 Å². The number of benzene rings is 1. The van der Waals surface area contributed by atoms with Gasteiger partial charge in [0.25, 0.3) is 0 Å². The van der Waals surface area contributed by atoms with Gasteiger partial charge >= 0.3 is 0 Å². The number of aromatic nitrogens is 1. The first-order valence-corrected chi connectivity index (χ1v) is 13.4. The van der Waals surface area contributed by atoms with Gasteiger partial charge in [-0.2, -0.15) is 0 Å². The maximum absolute atomic E-state index is 12.6. The highest BCUT2D eigenvalue weighted by Crippen LogP contribution is 2.24. The molecule has 1 amide bonds. The lowest BCUT2D eigenvalue weighted by Crippen LogP contribution is -2.41. The molecule has 0 atom stereocenters. The maximum atomic E-state index is 12.6. The van der Waals surface area contributed by atoms with Gasteiger partial charge in [-0.05, 0) is 96.0 Å². The monoisotopic (exact) mass is 486 g/mol. The molecule has 7 heteroatoms. The molecule has 186 valence electrons. The normalized spacial score (nSPS) is 18.6. The summed E-state index contributed by atoms with van der Waals surface area (Å²) in [5.41, 5.74) is 1.95. The number of carbonyl (C=O) groups is 1. The number of halogens is 1. The molecule has 1 aromatic heterocycles. The van der Waals surface area contributed by atoms with Gasteiger partial charge in [-0.1, -0.05) is 24.4 Å². The first-order valence-electron chi connectivity index (χ1n) is 13.0. The van der Waals surface area contributed by atoms with E-state index in [0.29, 0.717) is 10.9 Å². The van der Waals surface area contributed by atoms with Crippen molar-refractivity contribution in [2.75, 3.05) is 45.8 Å². The van der Waals surface area contributed by atoms with E-state index in [0.717, 1.165) is 75.4 Å². The van der Waals surface area contributed by atoms with Crippen LogP contribution < -0.4 is 5.32 Å². The predicted octanol–water partition coefficient (Wildman–Crippen LogP) is 4.94. The maximum Gasteiger partial charge on any atom is 0.226 e. The fraction of sp³-hybridized carbons (Fsp3) is 0.630. The fourth-order valence-electron chi connectivity index (χ4n) is 5.08. The summed E-state index contributed by atoms with van der Waals surface area (Å²) in [7, 11) is 0. The van der Waals surface area contributed by atoms with Crippen LogP contribution >= 0.6 is 11.6 Å². The molecule has 0 spiro atoms. The zero-order chi connectivity index (χ0) is 23.8. The van der Waals surface area contributed by atoms with Gasteiger partial charge in [0.1, 0.15) is 5.76 Å². The molecule has 0 saturated carbocycles. The standard InChI is InChI=1S/C27H39ClN4O2/c1-21-25(30-27(34-21)23-7-9-24(28)10-8-23)13-20-32-18-11-22(12-19-32)26(33)29-14-6-17-31-15-4-2-3-5-16-31/h7-10,22H,2-6,11-20H2,1H3,(H,29,33). The molecule has 0 unspecified atom stereocenters. The summed E-state index contributed by atoms with van der Waals surface area (Å²) in [6, 6.07) is 7.57. The Balaban J connectivity index is 1.14. The van der Waals surface area contributed by atoms with Crippen molar-refractivity contribution in [2.24, 2.45) is 5.92 Å². The Morgan fingerprint density at radius 3 is 2.41 bits per heavy atom. The van der Waals surface area contributed by atoms with E-state index in [2.05, 4.69) is 15.1 Å². The smallest absolute Gasteiger partial charge is 0.226 e. The zero-order valence-electron chi connectivity index (χ0n) is 20.5. The number of hydrogen-bond acceptors (Lipinski definition) is 5. The van der Waals surface area contributed by atoms with Gasteiger partial charge in [-0.15, -0.1) is 0 Å². The van der Waals surface area contributed by atoms with Gasteiger partial charge in [0.2, 0.25) is 11.8 Å². The van der Waals surface area contributed by atoms with Crippen LogP contribution in [0.3, 0.4) is 0 Å². The molecule has 4 rings (SSSR count). The average Bonchev–Trinajstić information content (AvgIpc) is 3.04. The lowest BCUT2D eigenvalue weighted by molar-refractivity contribution is -0.126. The van der Waals surface area contributed by atoms with Gasteiger partial charge in [-0.3, -0.25) is 4.79 Å². The summed E-state index contributed by atoms with van der Waals surface area (Å²) in [5, 5.41) is 3.90. The average molecular weight is 487 g/mol. The van der Waals surface area contributed by atoms with Crippen LogP contribution in [0.2, 0.25) is 5.02 Å². The molecule has 2 aliphatic heterocycles. The third kappa shape index (κ3) is 7.30. The molecule has 3 heterocycles. The Bertz CT molecular complexity index is 898. The van der Waals surface area contributed by atoms with Gasteiger partial charge in [0, 0.05) is 36.0 Å². The molecule has 0 aliphatic carbocycles. The topological polar surface area (TPSA) is 61.6 Å². The van der Waals surface area contributed by atoms with Crippen LogP contribution in [-0.2, 0) is 11.2 Å². The van der Waals surface area contributed by atoms with Crippen molar-refractivity contribution in [3.8, 4) is 11.5 Å². The van der Waals surface area contributed by atoms with Crippen molar-refractivity contribution >= 4 is 17.5 Å². The highest BCUT2D eigenvalue weighted by atomic mass is 35.5. The van der Waals surface area contributed by atoms with Crippen molar-refractivity contribution < 1.29 is 9.21 Å². The Kier molecular flexibility index (Phi) is 9.42. The van der Waals surface area contributed by atoms with Gasteiger partial charge in [0.05, 0.1) is 5.69 Å². The second-order valence-electron chi connectivity index (χ2n) is 9.80. The number of nitrogens with one attached hydrogen (secondary N) is 1. The van der Waals surface area contributed by atoms with Crippen molar-refractivity contribution in [1.82, 2.24) is 20.1 Å². The van der Waals surface area contributed by atoms with Crippen LogP contribution in [0, 0.1) is 12.8 Å². The Morgan fingerprint density at radius 2 is 1.71 bits per heavy atom. The second kappa shape index (κ2) is 12.7. The number of oxazole rings is 1. The summed E-state index contributed by atoms with van der Waals surface area (Å²) >= 11 is 5.98. The fourth-order valence-corrected chi connectivity index (χ4v) is 5.20. The number of likely N-dealkylation sites (tertiary alicyclic amines) is 2. The number of hydrogen-bond donors (Lipinski definition) is 1. The van der Waals surface area contributed by atoms with E-state index in [9.17, 15) is 4.79 Å². The minimum Gasteiger partial charge on any atom is -0.441 e. The van der Waals surface area contributed by atoms with Crippen molar-refractivity contribution in [2.45, 2.75) is 58.3 Å². The lowest BCUT2D eigenvalue weighted by atomic mass is 9.95. The van der Waals surface area contributed by atoms with Crippen LogP contribution in [0.25, 0.3) is 11.5 Å². The first kappa shape index (κ1) is 25.2. The van der Waals surface area contributed by atoms with Crippen LogP contribution in [-0.4, -0.2) is 66.5 Å². The minimum absolute atomic E-state index is 0.153. The van der Waals surface area contributed by atoms with E-state index in [1.165, 1.54) is 38.8 Å². The van der Waals surface area contributed by atoms with E-state index < -0.39 is 0 Å². The number of rotatable bonds is 9. The Labute approximate surface area is 209 Å². The summed E-state index contributed by atoms with van der Waals surface area (Å²) in [5.74, 6) is 1.92. The molecule has 2 fully saturated rings. The Morgan fingerprint density at radius 1 is 1.03 bits per heavy atom. The number of aryl methyl sites for hydroxylation is 1. The highest BCUT2D eigenvalue weighted by molar-refractivity contribution is 6.30. The second-order valence-corrected chi connectivity index (χ2v) is 10.2. The minimum atomic E-state index is 0.153. The summed E-state index contributed by atoms with van der Waals surface area (Å²) < 4.78 is 5.89. The third-order valence-electron chi connectivity index (χ3n) is 7.26. The summed E-state index contributed by atoms with van der Waals surface area (Å²) in [4.78, 5) is 22.3. The molecule has 34 heavy (non-hydrogen) atoms. The van der Waals surface area contributed by atoms with Crippen LogP contribution in [0.5, 0.6) is 0 Å².